The molecule has 1 rings (SSSR count). The minimum Gasteiger partial charge on any atom is -0.398 e. The molecule has 1 aromatic rings. The summed E-state index contributed by atoms with van der Waals surface area (Å²) in [5, 5.41) is 8.78. The van der Waals surface area contributed by atoms with E-state index in [9.17, 15) is 13.2 Å². The summed E-state index contributed by atoms with van der Waals surface area (Å²) in [6, 6.07) is 3.94. The van der Waals surface area contributed by atoms with Crippen LogP contribution in [0.5, 0.6) is 0 Å². The Morgan fingerprint density at radius 2 is 1.93 bits per heavy atom. The molecule has 0 fully saturated rings. The third-order valence-electron chi connectivity index (χ3n) is 1.78. The SMILES string of the molecule is Nc1ccc(CC(F)(F)F)cc1CO. The van der Waals surface area contributed by atoms with E-state index in [4.69, 9.17) is 10.8 Å². The Labute approximate surface area is 79.2 Å². The molecule has 0 aliphatic rings. The van der Waals surface area contributed by atoms with Gasteiger partial charge in [-0.05, 0) is 11.6 Å². The first kappa shape index (κ1) is 10.8. The molecular formula is C9H10F3NO. The van der Waals surface area contributed by atoms with Crippen LogP contribution in [-0.4, -0.2) is 11.3 Å². The molecule has 0 atom stereocenters. The number of rotatable bonds is 2. The molecular weight excluding hydrogens is 195 g/mol. The molecule has 0 bridgehead atoms. The Kier molecular flexibility index (Phi) is 3.00. The van der Waals surface area contributed by atoms with Crippen LogP contribution >= 0.6 is 0 Å². The van der Waals surface area contributed by atoms with Crippen molar-refractivity contribution >= 4 is 5.69 Å². The van der Waals surface area contributed by atoms with Crippen LogP contribution in [0.15, 0.2) is 18.2 Å². The minimum atomic E-state index is -4.23. The maximum atomic E-state index is 12.0. The number of aliphatic hydroxyl groups is 1. The van der Waals surface area contributed by atoms with Crippen molar-refractivity contribution in [2.75, 3.05) is 5.73 Å². The number of nitrogens with two attached hydrogens (primary N) is 1. The largest absolute Gasteiger partial charge is 0.398 e. The van der Waals surface area contributed by atoms with E-state index in [1.165, 1.54) is 18.2 Å². The Balaban J connectivity index is 2.90. The van der Waals surface area contributed by atoms with Crippen LogP contribution in [0.1, 0.15) is 11.1 Å². The summed E-state index contributed by atoms with van der Waals surface area (Å²) in [6.45, 7) is -0.350. The van der Waals surface area contributed by atoms with Crippen LogP contribution in [0.25, 0.3) is 0 Å². The Morgan fingerprint density at radius 1 is 1.29 bits per heavy atom. The first-order valence-corrected chi connectivity index (χ1v) is 3.97. The first-order chi connectivity index (χ1) is 6.42. The van der Waals surface area contributed by atoms with Crippen LogP contribution in [0.2, 0.25) is 0 Å². The zero-order valence-electron chi connectivity index (χ0n) is 7.30. The average Bonchev–Trinajstić information content (AvgIpc) is 2.06. The molecule has 0 amide bonds. The number of halogens is 3. The lowest BCUT2D eigenvalue weighted by Gasteiger charge is -2.08. The number of aliphatic hydroxyl groups excluding tert-OH is 1. The molecule has 14 heavy (non-hydrogen) atoms. The molecule has 0 aliphatic carbocycles. The number of hydrogen-bond acceptors (Lipinski definition) is 2. The van der Waals surface area contributed by atoms with Gasteiger partial charge in [-0.25, -0.2) is 0 Å². The lowest BCUT2D eigenvalue weighted by atomic mass is 10.1. The maximum Gasteiger partial charge on any atom is 0.393 e. The molecule has 1 aromatic carbocycles. The van der Waals surface area contributed by atoms with Crippen LogP contribution in [0, 0.1) is 0 Å². The van der Waals surface area contributed by atoms with Crippen molar-refractivity contribution in [2.45, 2.75) is 19.2 Å². The molecule has 0 aromatic heterocycles. The standard InChI is InChI=1S/C9H10F3NO/c10-9(11,12)4-6-1-2-8(13)7(3-6)5-14/h1-3,14H,4-5,13H2. The summed E-state index contributed by atoms with van der Waals surface area (Å²) in [5.74, 6) is 0. The van der Waals surface area contributed by atoms with Gasteiger partial charge in [0.25, 0.3) is 0 Å². The van der Waals surface area contributed by atoms with Crippen molar-refractivity contribution in [1.82, 2.24) is 0 Å². The fourth-order valence-electron chi connectivity index (χ4n) is 1.14. The summed E-state index contributed by atoms with van der Waals surface area (Å²) in [7, 11) is 0. The van der Waals surface area contributed by atoms with Gasteiger partial charge in [0.05, 0.1) is 13.0 Å². The van der Waals surface area contributed by atoms with E-state index in [-0.39, 0.29) is 12.2 Å². The topological polar surface area (TPSA) is 46.2 Å². The van der Waals surface area contributed by atoms with E-state index in [2.05, 4.69) is 0 Å². The van der Waals surface area contributed by atoms with Gasteiger partial charge in [0.15, 0.2) is 0 Å². The van der Waals surface area contributed by atoms with Gasteiger partial charge >= 0.3 is 6.18 Å². The monoisotopic (exact) mass is 205 g/mol. The number of nitrogen functional groups attached to an aromatic ring is 1. The lowest BCUT2D eigenvalue weighted by molar-refractivity contribution is -0.127. The van der Waals surface area contributed by atoms with Crippen LogP contribution in [-0.2, 0) is 13.0 Å². The van der Waals surface area contributed by atoms with Crippen molar-refractivity contribution in [3.63, 3.8) is 0 Å². The fraction of sp³-hybridized carbons (Fsp3) is 0.333. The molecule has 0 unspecified atom stereocenters. The molecule has 3 N–H and O–H groups in total. The van der Waals surface area contributed by atoms with Gasteiger partial charge in [-0.2, -0.15) is 13.2 Å². The van der Waals surface area contributed by atoms with E-state index in [1.807, 2.05) is 0 Å². The van der Waals surface area contributed by atoms with E-state index in [1.54, 1.807) is 0 Å². The molecule has 5 heteroatoms. The van der Waals surface area contributed by atoms with E-state index < -0.39 is 12.6 Å². The van der Waals surface area contributed by atoms with Gasteiger partial charge in [-0.3, -0.25) is 0 Å². The third-order valence-corrected chi connectivity index (χ3v) is 1.78. The second kappa shape index (κ2) is 3.88. The molecule has 0 saturated carbocycles. The highest BCUT2D eigenvalue weighted by molar-refractivity contribution is 5.48. The van der Waals surface area contributed by atoms with Gasteiger partial charge in [0.2, 0.25) is 0 Å². The normalized spacial score (nSPS) is 11.7. The number of hydrogen-bond donors (Lipinski definition) is 2. The van der Waals surface area contributed by atoms with Crippen molar-refractivity contribution in [3.05, 3.63) is 29.3 Å². The molecule has 0 saturated heterocycles. The minimum absolute atomic E-state index is 0.107. The molecule has 0 spiro atoms. The molecule has 0 aliphatic heterocycles. The second-order valence-corrected chi connectivity index (χ2v) is 2.98. The number of benzene rings is 1. The van der Waals surface area contributed by atoms with Gasteiger partial charge in [-0.1, -0.05) is 12.1 Å². The Bertz CT molecular complexity index is 322. The molecule has 78 valence electrons. The van der Waals surface area contributed by atoms with E-state index >= 15 is 0 Å². The summed E-state index contributed by atoms with van der Waals surface area (Å²) in [6.07, 6.45) is -5.23. The third kappa shape index (κ3) is 2.92. The zero-order chi connectivity index (χ0) is 10.8. The smallest absolute Gasteiger partial charge is 0.393 e. The highest BCUT2D eigenvalue weighted by Crippen LogP contribution is 2.23. The molecule has 2 nitrogen and oxygen atoms in total. The first-order valence-electron chi connectivity index (χ1n) is 3.97. The van der Waals surface area contributed by atoms with Gasteiger partial charge < -0.3 is 10.8 Å². The van der Waals surface area contributed by atoms with Gasteiger partial charge in [-0.15, -0.1) is 0 Å². The predicted octanol–water partition coefficient (Wildman–Crippen LogP) is 1.87. The summed E-state index contributed by atoms with van der Waals surface area (Å²) >= 11 is 0. The van der Waals surface area contributed by atoms with Gasteiger partial charge in [0.1, 0.15) is 0 Å². The summed E-state index contributed by atoms with van der Waals surface area (Å²) < 4.78 is 36.0. The van der Waals surface area contributed by atoms with Crippen LogP contribution in [0.4, 0.5) is 18.9 Å². The second-order valence-electron chi connectivity index (χ2n) is 2.98. The van der Waals surface area contributed by atoms with Crippen molar-refractivity contribution in [2.24, 2.45) is 0 Å². The number of alkyl halides is 3. The molecule has 0 radical (unpaired) electrons. The summed E-state index contributed by atoms with van der Waals surface area (Å²) in [5.41, 5.74) is 6.16. The molecule has 0 heterocycles. The highest BCUT2D eigenvalue weighted by Gasteiger charge is 2.27. The maximum absolute atomic E-state index is 12.0. The van der Waals surface area contributed by atoms with Crippen molar-refractivity contribution < 1.29 is 18.3 Å². The highest BCUT2D eigenvalue weighted by atomic mass is 19.4. The lowest BCUT2D eigenvalue weighted by Crippen LogP contribution is -2.12. The zero-order valence-corrected chi connectivity index (χ0v) is 7.30. The Hall–Kier alpha value is -1.23. The van der Waals surface area contributed by atoms with Crippen LogP contribution in [0.3, 0.4) is 0 Å². The average molecular weight is 205 g/mol. The van der Waals surface area contributed by atoms with Crippen molar-refractivity contribution in [1.29, 1.82) is 0 Å². The van der Waals surface area contributed by atoms with E-state index in [0.717, 1.165) is 0 Å². The van der Waals surface area contributed by atoms with Gasteiger partial charge in [0, 0.05) is 11.3 Å². The summed E-state index contributed by atoms with van der Waals surface area (Å²) in [4.78, 5) is 0. The quantitative estimate of drug-likeness (QED) is 0.724. The predicted molar refractivity (Wildman–Crippen MR) is 46.5 cm³/mol. The van der Waals surface area contributed by atoms with Crippen molar-refractivity contribution in [3.8, 4) is 0 Å². The van der Waals surface area contributed by atoms with E-state index in [0.29, 0.717) is 11.3 Å². The Morgan fingerprint density at radius 3 is 2.43 bits per heavy atom. The van der Waals surface area contributed by atoms with Crippen LogP contribution < -0.4 is 5.73 Å². The fourth-order valence-corrected chi connectivity index (χ4v) is 1.14. The number of anilines is 1.